The molecule has 0 fully saturated rings. The molecule has 7 heteroatoms. The van der Waals surface area contributed by atoms with Crippen LogP contribution in [0.2, 0.25) is 0 Å². The summed E-state index contributed by atoms with van der Waals surface area (Å²) in [6.07, 6.45) is 1.34. The van der Waals surface area contributed by atoms with Gasteiger partial charge in [0.2, 0.25) is 5.82 Å². The van der Waals surface area contributed by atoms with E-state index < -0.39 is 4.92 Å². The van der Waals surface area contributed by atoms with Crippen LogP contribution in [0.3, 0.4) is 0 Å². The SMILES string of the molecule is O=[N+]([O-])c1c(Nc2cccc3ccccc23)ncnc1Sc1ccccc1. The van der Waals surface area contributed by atoms with Gasteiger partial charge in [0.05, 0.1) is 4.92 Å². The Labute approximate surface area is 159 Å². The van der Waals surface area contributed by atoms with E-state index in [2.05, 4.69) is 15.3 Å². The first-order chi connectivity index (χ1) is 13.2. The maximum atomic E-state index is 11.8. The van der Waals surface area contributed by atoms with Crippen LogP contribution < -0.4 is 5.32 Å². The first kappa shape index (κ1) is 17.0. The van der Waals surface area contributed by atoms with E-state index in [9.17, 15) is 10.1 Å². The van der Waals surface area contributed by atoms with Crippen LogP contribution in [0, 0.1) is 10.1 Å². The first-order valence-corrected chi connectivity index (χ1v) is 9.01. The van der Waals surface area contributed by atoms with Gasteiger partial charge in [-0.15, -0.1) is 0 Å². The Balaban J connectivity index is 1.76. The molecule has 4 aromatic rings. The van der Waals surface area contributed by atoms with Gasteiger partial charge in [-0.25, -0.2) is 9.97 Å². The molecule has 27 heavy (non-hydrogen) atoms. The molecule has 1 aromatic heterocycles. The maximum Gasteiger partial charge on any atom is 0.343 e. The smallest absolute Gasteiger partial charge is 0.334 e. The second-order valence-electron chi connectivity index (χ2n) is 5.70. The molecule has 0 amide bonds. The van der Waals surface area contributed by atoms with Crippen molar-refractivity contribution < 1.29 is 4.92 Å². The lowest BCUT2D eigenvalue weighted by Crippen LogP contribution is -2.03. The Kier molecular flexibility index (Phi) is 4.67. The Morgan fingerprint density at radius 3 is 2.44 bits per heavy atom. The van der Waals surface area contributed by atoms with Crippen LogP contribution in [-0.4, -0.2) is 14.9 Å². The van der Waals surface area contributed by atoms with Gasteiger partial charge < -0.3 is 5.32 Å². The van der Waals surface area contributed by atoms with Gasteiger partial charge in [-0.1, -0.05) is 66.4 Å². The quantitative estimate of drug-likeness (QED) is 0.285. The lowest BCUT2D eigenvalue weighted by Gasteiger charge is -2.10. The highest BCUT2D eigenvalue weighted by atomic mass is 32.2. The number of hydrogen-bond donors (Lipinski definition) is 1. The number of anilines is 2. The standard InChI is InChI=1S/C20H14N4O2S/c25-24(26)18-19(21-13-22-20(18)27-15-9-2-1-3-10-15)23-17-12-6-8-14-7-4-5-11-16(14)17/h1-13H,(H,21,22,23). The molecule has 0 spiro atoms. The number of fused-ring (bicyclic) bond motifs is 1. The van der Waals surface area contributed by atoms with Crippen LogP contribution in [0.5, 0.6) is 0 Å². The van der Waals surface area contributed by atoms with Gasteiger partial charge in [-0.2, -0.15) is 0 Å². The molecule has 0 aliphatic rings. The number of aromatic nitrogens is 2. The molecule has 0 aliphatic heterocycles. The summed E-state index contributed by atoms with van der Waals surface area (Å²) in [5.74, 6) is 0.171. The summed E-state index contributed by atoms with van der Waals surface area (Å²) in [6.45, 7) is 0. The van der Waals surface area contributed by atoms with Crippen LogP contribution in [-0.2, 0) is 0 Å². The average Bonchev–Trinajstić information content (AvgIpc) is 2.69. The fraction of sp³-hybridized carbons (Fsp3) is 0. The predicted molar refractivity (Wildman–Crippen MR) is 106 cm³/mol. The third kappa shape index (κ3) is 3.58. The van der Waals surface area contributed by atoms with Gasteiger partial charge in [0.15, 0.2) is 5.03 Å². The lowest BCUT2D eigenvalue weighted by atomic mass is 10.1. The van der Waals surface area contributed by atoms with E-state index in [-0.39, 0.29) is 11.5 Å². The number of hydrogen-bond acceptors (Lipinski definition) is 6. The summed E-state index contributed by atoms with van der Waals surface area (Å²) >= 11 is 1.24. The molecule has 0 saturated heterocycles. The summed E-state index contributed by atoms with van der Waals surface area (Å²) in [5.41, 5.74) is 0.616. The fourth-order valence-electron chi connectivity index (χ4n) is 2.76. The zero-order valence-corrected chi connectivity index (χ0v) is 14.9. The molecule has 0 unspecified atom stereocenters. The number of rotatable bonds is 5. The van der Waals surface area contributed by atoms with Crippen molar-refractivity contribution in [3.05, 3.63) is 89.2 Å². The Hall–Kier alpha value is -3.45. The van der Waals surface area contributed by atoms with Gasteiger partial charge in [0.1, 0.15) is 6.33 Å². The molecule has 1 heterocycles. The number of nitrogens with zero attached hydrogens (tertiary/aromatic N) is 3. The highest BCUT2D eigenvalue weighted by Crippen LogP contribution is 2.38. The van der Waals surface area contributed by atoms with Crippen molar-refractivity contribution >= 4 is 39.7 Å². The number of nitrogens with one attached hydrogen (secondary N) is 1. The summed E-state index contributed by atoms with van der Waals surface area (Å²) in [6, 6.07) is 23.0. The van der Waals surface area contributed by atoms with Crippen molar-refractivity contribution in [2.45, 2.75) is 9.92 Å². The maximum absolute atomic E-state index is 11.8. The minimum Gasteiger partial charge on any atom is -0.334 e. The van der Waals surface area contributed by atoms with Crippen molar-refractivity contribution in [1.82, 2.24) is 9.97 Å². The topological polar surface area (TPSA) is 81.0 Å². The van der Waals surface area contributed by atoms with Crippen molar-refractivity contribution in [2.75, 3.05) is 5.32 Å². The molecular formula is C20H14N4O2S. The Morgan fingerprint density at radius 1 is 0.889 bits per heavy atom. The minimum atomic E-state index is -0.446. The molecule has 0 aliphatic carbocycles. The van der Waals surface area contributed by atoms with Crippen molar-refractivity contribution in [3.8, 4) is 0 Å². The Bertz CT molecular complexity index is 1110. The zero-order chi connectivity index (χ0) is 18.6. The molecule has 0 bridgehead atoms. The predicted octanol–water partition coefficient (Wildman–Crippen LogP) is 5.43. The van der Waals surface area contributed by atoms with E-state index in [1.165, 1.54) is 18.1 Å². The summed E-state index contributed by atoms with van der Waals surface area (Å²) in [4.78, 5) is 20.4. The van der Waals surface area contributed by atoms with E-state index in [0.717, 1.165) is 21.4 Å². The first-order valence-electron chi connectivity index (χ1n) is 8.19. The van der Waals surface area contributed by atoms with E-state index in [0.29, 0.717) is 5.03 Å². The third-order valence-electron chi connectivity index (χ3n) is 3.97. The summed E-state index contributed by atoms with van der Waals surface area (Å²) in [7, 11) is 0. The molecule has 0 saturated carbocycles. The average molecular weight is 374 g/mol. The molecule has 132 valence electrons. The van der Waals surface area contributed by atoms with E-state index in [1.54, 1.807) is 0 Å². The van der Waals surface area contributed by atoms with Crippen molar-refractivity contribution in [2.24, 2.45) is 0 Å². The largest absolute Gasteiger partial charge is 0.343 e. The van der Waals surface area contributed by atoms with Crippen LogP contribution in [0.1, 0.15) is 0 Å². The zero-order valence-electron chi connectivity index (χ0n) is 14.1. The molecule has 0 radical (unpaired) electrons. The van der Waals surface area contributed by atoms with Crippen molar-refractivity contribution in [3.63, 3.8) is 0 Å². The second kappa shape index (κ2) is 7.43. The summed E-state index contributed by atoms with van der Waals surface area (Å²) < 4.78 is 0. The molecule has 6 nitrogen and oxygen atoms in total. The van der Waals surface area contributed by atoms with Crippen LogP contribution >= 0.6 is 11.8 Å². The van der Waals surface area contributed by atoms with Gasteiger partial charge in [0.25, 0.3) is 0 Å². The van der Waals surface area contributed by atoms with Crippen LogP contribution in [0.4, 0.5) is 17.2 Å². The monoisotopic (exact) mass is 374 g/mol. The van der Waals surface area contributed by atoms with E-state index >= 15 is 0 Å². The van der Waals surface area contributed by atoms with Gasteiger partial charge >= 0.3 is 5.69 Å². The number of nitro groups is 1. The summed E-state index contributed by atoms with van der Waals surface area (Å²) in [5, 5.41) is 17.2. The molecule has 4 rings (SSSR count). The van der Waals surface area contributed by atoms with Crippen LogP contribution in [0.25, 0.3) is 10.8 Å². The molecular weight excluding hydrogens is 360 g/mol. The highest BCUT2D eigenvalue weighted by Gasteiger charge is 2.24. The third-order valence-corrected chi connectivity index (χ3v) is 4.97. The van der Waals surface area contributed by atoms with Gasteiger partial charge in [-0.3, -0.25) is 10.1 Å². The molecule has 0 atom stereocenters. The second-order valence-corrected chi connectivity index (χ2v) is 6.76. The molecule has 3 aromatic carbocycles. The van der Waals surface area contributed by atoms with Crippen molar-refractivity contribution in [1.29, 1.82) is 0 Å². The van der Waals surface area contributed by atoms with Crippen LogP contribution in [0.15, 0.2) is 89.0 Å². The van der Waals surface area contributed by atoms with Gasteiger partial charge in [0, 0.05) is 16.0 Å². The normalized spacial score (nSPS) is 10.7. The Morgan fingerprint density at radius 2 is 1.63 bits per heavy atom. The number of benzene rings is 3. The lowest BCUT2D eigenvalue weighted by molar-refractivity contribution is -0.387. The van der Waals surface area contributed by atoms with E-state index in [4.69, 9.17) is 0 Å². The fourth-order valence-corrected chi connectivity index (χ4v) is 3.64. The minimum absolute atomic E-state index is 0.140. The van der Waals surface area contributed by atoms with Gasteiger partial charge in [-0.05, 0) is 23.6 Å². The molecule has 1 N–H and O–H groups in total. The highest BCUT2D eigenvalue weighted by molar-refractivity contribution is 7.99. The van der Waals surface area contributed by atoms with E-state index in [1.807, 2.05) is 72.8 Å².